The molecule has 0 aliphatic carbocycles. The Hall–Kier alpha value is -1.06. The highest BCUT2D eigenvalue weighted by atomic mass is 16.5. The van der Waals surface area contributed by atoms with Crippen LogP contribution in [-0.2, 0) is 13.0 Å². The average Bonchev–Trinajstić information content (AvgIpc) is 2.41. The number of nitrogens with zero attached hydrogens (tertiary/aromatic N) is 1. The molecule has 0 bridgehead atoms. The molecule has 0 unspecified atom stereocenters. The van der Waals surface area contributed by atoms with Crippen LogP contribution >= 0.6 is 0 Å². The first-order chi connectivity index (χ1) is 9.04. The van der Waals surface area contributed by atoms with E-state index in [9.17, 15) is 0 Å². The van der Waals surface area contributed by atoms with E-state index in [2.05, 4.69) is 36.9 Å². The Bertz CT molecular complexity index is 419. The summed E-state index contributed by atoms with van der Waals surface area (Å²) in [5.41, 5.74) is 8.87. The van der Waals surface area contributed by atoms with Crippen molar-refractivity contribution in [1.82, 2.24) is 4.90 Å². The summed E-state index contributed by atoms with van der Waals surface area (Å²) < 4.78 is 5.48. The fourth-order valence-corrected chi connectivity index (χ4v) is 2.64. The van der Waals surface area contributed by atoms with Crippen molar-refractivity contribution < 1.29 is 4.74 Å². The Kier molecular flexibility index (Phi) is 4.48. The van der Waals surface area contributed by atoms with Crippen LogP contribution in [0.4, 0.5) is 0 Å². The third kappa shape index (κ3) is 3.71. The van der Waals surface area contributed by atoms with Crippen LogP contribution in [0.25, 0.3) is 0 Å². The molecular weight excluding hydrogens is 236 g/mol. The molecule has 1 aromatic rings. The first kappa shape index (κ1) is 14.4. The first-order valence-corrected chi connectivity index (χ1v) is 7.21. The van der Waals surface area contributed by atoms with Gasteiger partial charge in [-0.2, -0.15) is 0 Å². The van der Waals surface area contributed by atoms with E-state index in [4.69, 9.17) is 10.5 Å². The molecule has 0 spiro atoms. The van der Waals surface area contributed by atoms with Gasteiger partial charge < -0.3 is 10.5 Å². The monoisotopic (exact) mass is 262 g/mol. The molecule has 0 radical (unpaired) electrons. The fourth-order valence-electron chi connectivity index (χ4n) is 2.64. The summed E-state index contributed by atoms with van der Waals surface area (Å²) in [4.78, 5) is 2.48. The van der Waals surface area contributed by atoms with Gasteiger partial charge in [0.15, 0.2) is 0 Å². The summed E-state index contributed by atoms with van der Waals surface area (Å²) in [7, 11) is 1.75. The quantitative estimate of drug-likeness (QED) is 0.906. The number of hydrogen-bond acceptors (Lipinski definition) is 3. The Morgan fingerprint density at radius 1 is 1.32 bits per heavy atom. The van der Waals surface area contributed by atoms with Crippen molar-refractivity contribution in [2.45, 2.75) is 45.2 Å². The summed E-state index contributed by atoms with van der Waals surface area (Å²) in [5, 5.41) is 0. The predicted molar refractivity (Wildman–Crippen MR) is 79.5 cm³/mol. The number of piperidine rings is 1. The highest BCUT2D eigenvalue weighted by Crippen LogP contribution is 2.25. The first-order valence-electron chi connectivity index (χ1n) is 7.21. The molecule has 106 valence electrons. The predicted octanol–water partition coefficient (Wildman–Crippen LogP) is 2.57. The van der Waals surface area contributed by atoms with Crippen molar-refractivity contribution in [1.29, 1.82) is 0 Å². The van der Waals surface area contributed by atoms with Gasteiger partial charge in [-0.05, 0) is 37.8 Å². The molecule has 1 aromatic carbocycles. The summed E-state index contributed by atoms with van der Waals surface area (Å²) in [6.07, 6.45) is 3.21. The van der Waals surface area contributed by atoms with Crippen LogP contribution in [0.15, 0.2) is 18.2 Å². The average molecular weight is 262 g/mol. The van der Waals surface area contributed by atoms with E-state index in [0.717, 1.165) is 44.6 Å². The Balaban J connectivity index is 2.06. The molecule has 0 atom stereocenters. The third-order valence-electron chi connectivity index (χ3n) is 4.15. The molecule has 0 amide bonds. The van der Waals surface area contributed by atoms with Crippen LogP contribution in [0.1, 0.15) is 37.8 Å². The number of nitrogens with two attached hydrogens (primary N) is 1. The summed E-state index contributed by atoms with van der Waals surface area (Å²) >= 11 is 0. The van der Waals surface area contributed by atoms with Gasteiger partial charge in [0, 0.05) is 30.7 Å². The van der Waals surface area contributed by atoms with Crippen LogP contribution in [0.5, 0.6) is 5.75 Å². The van der Waals surface area contributed by atoms with E-state index in [1.165, 1.54) is 11.1 Å². The van der Waals surface area contributed by atoms with Crippen LogP contribution in [0.2, 0.25) is 0 Å². The van der Waals surface area contributed by atoms with Crippen molar-refractivity contribution in [3.05, 3.63) is 29.3 Å². The molecule has 1 fully saturated rings. The zero-order valence-corrected chi connectivity index (χ0v) is 12.4. The number of likely N-dealkylation sites (tertiary alicyclic amines) is 1. The van der Waals surface area contributed by atoms with Crippen molar-refractivity contribution >= 4 is 0 Å². The van der Waals surface area contributed by atoms with Crippen molar-refractivity contribution in [2.24, 2.45) is 5.73 Å². The summed E-state index contributed by atoms with van der Waals surface area (Å²) in [6.45, 7) is 7.46. The van der Waals surface area contributed by atoms with Crippen molar-refractivity contribution in [2.75, 3.05) is 20.2 Å². The maximum absolute atomic E-state index is 6.18. The lowest BCUT2D eigenvalue weighted by Gasteiger charge is -2.36. The van der Waals surface area contributed by atoms with Crippen molar-refractivity contribution in [3.8, 4) is 5.75 Å². The summed E-state index contributed by atoms with van der Waals surface area (Å²) in [6, 6.07) is 6.51. The lowest BCUT2D eigenvalue weighted by Crippen LogP contribution is -2.47. The Morgan fingerprint density at radius 2 is 2.00 bits per heavy atom. The second kappa shape index (κ2) is 5.93. The molecule has 2 rings (SSSR count). The Morgan fingerprint density at radius 3 is 2.58 bits per heavy atom. The molecule has 0 aromatic heterocycles. The van der Waals surface area contributed by atoms with Gasteiger partial charge in [0.25, 0.3) is 0 Å². The highest BCUT2D eigenvalue weighted by Gasteiger charge is 2.26. The summed E-state index contributed by atoms with van der Waals surface area (Å²) in [5.74, 6) is 0.998. The number of rotatable bonds is 4. The van der Waals surface area contributed by atoms with E-state index in [0.29, 0.717) is 0 Å². The lowest BCUT2D eigenvalue weighted by atomic mass is 9.91. The standard InChI is InChI=1S/C16H26N2O/c1-4-13-5-6-15(19-3)14(11-13)12-18-9-7-16(2,17)8-10-18/h5-6,11H,4,7-10,12,17H2,1-3H3. The third-order valence-corrected chi connectivity index (χ3v) is 4.15. The van der Waals surface area contributed by atoms with E-state index in [-0.39, 0.29) is 5.54 Å². The van der Waals surface area contributed by atoms with Gasteiger partial charge in [0.05, 0.1) is 7.11 Å². The molecule has 2 N–H and O–H groups in total. The zero-order valence-electron chi connectivity index (χ0n) is 12.4. The smallest absolute Gasteiger partial charge is 0.123 e. The van der Waals surface area contributed by atoms with Crippen LogP contribution in [0, 0.1) is 0 Å². The van der Waals surface area contributed by atoms with Gasteiger partial charge in [-0.1, -0.05) is 19.1 Å². The number of hydrogen-bond donors (Lipinski definition) is 1. The largest absolute Gasteiger partial charge is 0.496 e. The fraction of sp³-hybridized carbons (Fsp3) is 0.625. The van der Waals surface area contributed by atoms with E-state index >= 15 is 0 Å². The van der Waals surface area contributed by atoms with Gasteiger partial charge in [-0.25, -0.2) is 0 Å². The molecule has 0 saturated carbocycles. The van der Waals surface area contributed by atoms with Gasteiger partial charge in [-0.3, -0.25) is 4.90 Å². The molecular formula is C16H26N2O. The second-order valence-electron chi connectivity index (χ2n) is 5.93. The maximum Gasteiger partial charge on any atom is 0.123 e. The highest BCUT2D eigenvalue weighted by molar-refractivity contribution is 5.37. The van der Waals surface area contributed by atoms with Gasteiger partial charge in [0.1, 0.15) is 5.75 Å². The van der Waals surface area contributed by atoms with E-state index in [1.54, 1.807) is 7.11 Å². The lowest BCUT2D eigenvalue weighted by molar-refractivity contribution is 0.164. The zero-order chi connectivity index (χ0) is 13.9. The topological polar surface area (TPSA) is 38.5 Å². The second-order valence-corrected chi connectivity index (χ2v) is 5.93. The SMILES string of the molecule is CCc1ccc(OC)c(CN2CCC(C)(N)CC2)c1. The van der Waals surface area contributed by atoms with Gasteiger partial charge in [0.2, 0.25) is 0 Å². The molecule has 1 heterocycles. The minimum absolute atomic E-state index is 0.0197. The van der Waals surface area contributed by atoms with Gasteiger partial charge in [-0.15, -0.1) is 0 Å². The normalized spacial score (nSPS) is 19.4. The van der Waals surface area contributed by atoms with Crippen LogP contribution in [0.3, 0.4) is 0 Å². The van der Waals surface area contributed by atoms with E-state index < -0.39 is 0 Å². The van der Waals surface area contributed by atoms with Crippen molar-refractivity contribution in [3.63, 3.8) is 0 Å². The molecule has 1 aliphatic heterocycles. The van der Waals surface area contributed by atoms with Crippen LogP contribution < -0.4 is 10.5 Å². The van der Waals surface area contributed by atoms with Crippen LogP contribution in [-0.4, -0.2) is 30.6 Å². The minimum Gasteiger partial charge on any atom is -0.496 e. The minimum atomic E-state index is 0.0197. The maximum atomic E-state index is 6.18. The number of ether oxygens (including phenoxy) is 1. The molecule has 3 heteroatoms. The number of benzene rings is 1. The van der Waals surface area contributed by atoms with Gasteiger partial charge >= 0.3 is 0 Å². The van der Waals surface area contributed by atoms with E-state index in [1.807, 2.05) is 0 Å². The molecule has 1 saturated heterocycles. The number of methoxy groups -OCH3 is 1. The Labute approximate surface area is 116 Å². The molecule has 1 aliphatic rings. The molecule has 3 nitrogen and oxygen atoms in total. The number of aryl methyl sites for hydroxylation is 1. The molecule has 19 heavy (non-hydrogen) atoms.